The van der Waals surface area contributed by atoms with Gasteiger partial charge in [0.1, 0.15) is 0 Å². The zero-order chi connectivity index (χ0) is 18.5. The molecule has 3 aromatic rings. The molecule has 0 unspecified atom stereocenters. The average Bonchev–Trinajstić information content (AvgIpc) is 3.22. The molecule has 0 saturated heterocycles. The molecule has 1 aromatic carbocycles. The molecule has 136 valence electrons. The number of aryl methyl sites for hydroxylation is 3. The van der Waals surface area contributed by atoms with E-state index in [1.54, 1.807) is 18.7 Å². The minimum absolute atomic E-state index is 0.288. The number of hydrogen-bond acceptors (Lipinski definition) is 8. The number of urea groups is 1. The Hall–Kier alpha value is -2.95. The van der Waals surface area contributed by atoms with Crippen molar-refractivity contribution in [2.24, 2.45) is 7.05 Å². The molecule has 0 aliphatic carbocycles. The third kappa shape index (κ3) is 4.36. The smallest absolute Gasteiger partial charge is 0.319 e. The van der Waals surface area contributed by atoms with Crippen molar-refractivity contribution in [3.05, 3.63) is 29.7 Å². The Morgan fingerprint density at radius 2 is 2.12 bits per heavy atom. The highest BCUT2D eigenvalue weighted by molar-refractivity contribution is 7.99. The molecule has 0 aliphatic rings. The summed E-state index contributed by atoms with van der Waals surface area (Å²) in [6, 6.07) is 5.28. The Bertz CT molecular complexity index is 907. The Morgan fingerprint density at radius 1 is 1.27 bits per heavy atom. The van der Waals surface area contributed by atoms with Gasteiger partial charge in [-0.25, -0.2) is 9.48 Å². The number of nitrogens with zero attached hydrogens (tertiary/aromatic N) is 6. The molecule has 0 bridgehead atoms. The van der Waals surface area contributed by atoms with Crippen LogP contribution in [0.3, 0.4) is 0 Å². The number of tetrazole rings is 1. The summed E-state index contributed by atoms with van der Waals surface area (Å²) in [5.74, 6) is 1.56. The topological polar surface area (TPSA) is 124 Å². The first-order valence-corrected chi connectivity index (χ1v) is 8.82. The van der Waals surface area contributed by atoms with Crippen molar-refractivity contribution in [3.63, 3.8) is 0 Å². The van der Waals surface area contributed by atoms with Gasteiger partial charge in [0, 0.05) is 37.5 Å². The summed E-state index contributed by atoms with van der Waals surface area (Å²) < 4.78 is 7.00. The Kier molecular flexibility index (Phi) is 5.46. The van der Waals surface area contributed by atoms with Crippen LogP contribution in [0.5, 0.6) is 0 Å². The van der Waals surface area contributed by atoms with E-state index in [4.69, 9.17) is 4.42 Å². The number of carbonyl (C=O) groups excluding carboxylic acids is 1. The van der Waals surface area contributed by atoms with Gasteiger partial charge in [-0.3, -0.25) is 0 Å². The minimum Gasteiger partial charge on any atom is -0.421 e. The van der Waals surface area contributed by atoms with Crippen molar-refractivity contribution in [1.82, 2.24) is 35.7 Å². The monoisotopic (exact) mass is 374 g/mol. The first kappa shape index (κ1) is 17.9. The molecule has 0 spiro atoms. The number of anilines is 1. The number of nitrogens with one attached hydrogen (secondary N) is 2. The summed E-state index contributed by atoms with van der Waals surface area (Å²) in [6.07, 6.45) is 0. The summed E-state index contributed by atoms with van der Waals surface area (Å²) in [5, 5.41) is 25.3. The highest BCUT2D eigenvalue weighted by atomic mass is 32.2. The molecule has 2 aromatic heterocycles. The molecule has 10 nitrogen and oxygen atoms in total. The third-order valence-corrected chi connectivity index (χ3v) is 4.47. The van der Waals surface area contributed by atoms with E-state index in [2.05, 4.69) is 36.4 Å². The van der Waals surface area contributed by atoms with Gasteiger partial charge >= 0.3 is 6.03 Å². The molecule has 0 radical (unpaired) electrons. The lowest BCUT2D eigenvalue weighted by Gasteiger charge is -2.10. The van der Waals surface area contributed by atoms with Gasteiger partial charge < -0.3 is 15.1 Å². The van der Waals surface area contributed by atoms with Crippen LogP contribution in [0.15, 0.2) is 27.8 Å². The van der Waals surface area contributed by atoms with Crippen LogP contribution in [0.1, 0.15) is 11.5 Å². The van der Waals surface area contributed by atoms with E-state index >= 15 is 0 Å². The second kappa shape index (κ2) is 7.95. The summed E-state index contributed by atoms with van der Waals surface area (Å²) in [5.41, 5.74) is 2.36. The fraction of sp³-hybridized carbons (Fsp3) is 0.333. The Morgan fingerprint density at radius 3 is 2.81 bits per heavy atom. The maximum Gasteiger partial charge on any atom is 0.319 e. The van der Waals surface area contributed by atoms with Gasteiger partial charge in [-0.15, -0.1) is 15.3 Å². The van der Waals surface area contributed by atoms with E-state index < -0.39 is 0 Å². The van der Waals surface area contributed by atoms with Crippen molar-refractivity contribution in [2.45, 2.75) is 19.0 Å². The second-order valence-corrected chi connectivity index (χ2v) is 6.53. The van der Waals surface area contributed by atoms with Crippen molar-refractivity contribution >= 4 is 23.5 Å². The van der Waals surface area contributed by atoms with Gasteiger partial charge in [0.2, 0.25) is 16.9 Å². The molecule has 11 heteroatoms. The van der Waals surface area contributed by atoms with Crippen LogP contribution >= 0.6 is 11.8 Å². The van der Waals surface area contributed by atoms with Gasteiger partial charge in [0.15, 0.2) is 0 Å². The first-order valence-electron chi connectivity index (χ1n) is 7.84. The third-order valence-electron chi connectivity index (χ3n) is 3.46. The number of carbonyl (C=O) groups is 1. The minimum atomic E-state index is -0.288. The van der Waals surface area contributed by atoms with Crippen LogP contribution in [0, 0.1) is 13.8 Å². The van der Waals surface area contributed by atoms with Crippen LogP contribution in [0.25, 0.3) is 11.5 Å². The highest BCUT2D eigenvalue weighted by Crippen LogP contribution is 2.24. The maximum atomic E-state index is 12.1. The molecule has 3 rings (SSSR count). The predicted octanol–water partition coefficient (Wildman–Crippen LogP) is 1.79. The zero-order valence-corrected chi connectivity index (χ0v) is 15.4. The van der Waals surface area contributed by atoms with Gasteiger partial charge in [0.05, 0.1) is 0 Å². The number of benzene rings is 1. The highest BCUT2D eigenvalue weighted by Gasteiger charge is 2.10. The van der Waals surface area contributed by atoms with Gasteiger partial charge in [-0.05, 0) is 35.0 Å². The SMILES string of the molecule is Cc1nnc(-c2ccc(C)c(NC(=O)NCCSc3nnnn3C)c2)o1. The fourth-order valence-electron chi connectivity index (χ4n) is 2.12. The van der Waals surface area contributed by atoms with E-state index in [0.29, 0.717) is 34.9 Å². The summed E-state index contributed by atoms with van der Waals surface area (Å²) in [6.45, 7) is 4.12. The standard InChI is InChI=1S/C15H18N8O2S/c1-9-4-5-11(13-19-18-10(2)25-13)8-12(9)17-14(24)16-6-7-26-15-20-21-22-23(15)3/h4-5,8H,6-7H2,1-3H3,(H2,16,17,24). The normalized spacial score (nSPS) is 10.7. The van der Waals surface area contributed by atoms with Crippen molar-refractivity contribution in [3.8, 4) is 11.5 Å². The van der Waals surface area contributed by atoms with E-state index in [-0.39, 0.29) is 6.03 Å². The van der Waals surface area contributed by atoms with Gasteiger partial charge in [-0.1, -0.05) is 17.8 Å². The van der Waals surface area contributed by atoms with Crippen LogP contribution in [0.4, 0.5) is 10.5 Å². The molecule has 0 saturated carbocycles. The quantitative estimate of drug-likeness (QED) is 0.494. The number of aromatic nitrogens is 6. The molecular weight excluding hydrogens is 356 g/mol. The second-order valence-electron chi connectivity index (χ2n) is 5.47. The molecule has 2 N–H and O–H groups in total. The largest absolute Gasteiger partial charge is 0.421 e. The summed E-state index contributed by atoms with van der Waals surface area (Å²) in [4.78, 5) is 12.1. The number of hydrogen-bond donors (Lipinski definition) is 2. The molecule has 0 aliphatic heterocycles. The molecule has 2 heterocycles. The zero-order valence-electron chi connectivity index (χ0n) is 14.6. The van der Waals surface area contributed by atoms with E-state index in [1.165, 1.54) is 11.8 Å². The molecule has 0 fully saturated rings. The predicted molar refractivity (Wildman–Crippen MR) is 95.8 cm³/mol. The molecule has 26 heavy (non-hydrogen) atoms. The number of rotatable bonds is 6. The van der Waals surface area contributed by atoms with Gasteiger partial charge in [-0.2, -0.15) is 0 Å². The van der Waals surface area contributed by atoms with Gasteiger partial charge in [0.25, 0.3) is 0 Å². The lowest BCUT2D eigenvalue weighted by molar-refractivity contribution is 0.252. The van der Waals surface area contributed by atoms with Crippen molar-refractivity contribution < 1.29 is 9.21 Å². The van der Waals surface area contributed by atoms with Crippen LogP contribution in [-0.4, -0.2) is 48.7 Å². The van der Waals surface area contributed by atoms with Crippen molar-refractivity contribution in [2.75, 3.05) is 17.6 Å². The molecule has 0 atom stereocenters. The fourth-order valence-corrected chi connectivity index (χ4v) is 2.82. The molecule has 2 amide bonds. The van der Waals surface area contributed by atoms with E-state index in [9.17, 15) is 4.79 Å². The van der Waals surface area contributed by atoms with E-state index in [1.807, 2.05) is 25.1 Å². The lowest BCUT2D eigenvalue weighted by Crippen LogP contribution is -2.30. The first-order chi connectivity index (χ1) is 12.5. The van der Waals surface area contributed by atoms with Crippen LogP contribution < -0.4 is 10.6 Å². The summed E-state index contributed by atoms with van der Waals surface area (Å²) in [7, 11) is 1.77. The lowest BCUT2D eigenvalue weighted by atomic mass is 10.1. The maximum absolute atomic E-state index is 12.1. The number of amides is 2. The van der Waals surface area contributed by atoms with Crippen molar-refractivity contribution in [1.29, 1.82) is 0 Å². The Labute approximate surface area is 153 Å². The average molecular weight is 374 g/mol. The van der Waals surface area contributed by atoms with Crippen LogP contribution in [-0.2, 0) is 7.05 Å². The summed E-state index contributed by atoms with van der Waals surface area (Å²) >= 11 is 1.46. The molecular formula is C15H18N8O2S. The van der Waals surface area contributed by atoms with E-state index in [0.717, 1.165) is 11.1 Å². The Balaban J connectivity index is 1.54. The van der Waals surface area contributed by atoms with Crippen LogP contribution in [0.2, 0.25) is 0 Å². The number of thioether (sulfide) groups is 1.